The first-order valence-electron chi connectivity index (χ1n) is 12.2. The zero-order chi connectivity index (χ0) is 27.4. The molecular weight excluding hydrogens is 480 g/mol. The molecule has 3 aliphatic rings. The molecule has 3 fully saturated rings. The molecule has 3 saturated carbocycles. The van der Waals surface area contributed by atoms with Crippen molar-refractivity contribution in [2.75, 3.05) is 0 Å². The Kier molecular flexibility index (Phi) is 12.9. The SMILES string of the molecule is O=C(O)C1CCC(C(=O)O)CC1.O=C(O)C1CCC(C(=O)O)CC1.O=C(O)C1CCC(C(=O)O)CC1. The molecular formula is C24H36O12. The summed E-state index contributed by atoms with van der Waals surface area (Å²) in [5.41, 5.74) is 0. The number of carbonyl (C=O) groups is 6. The molecule has 204 valence electrons. The van der Waals surface area contributed by atoms with Gasteiger partial charge in [0.1, 0.15) is 0 Å². The molecule has 6 N–H and O–H groups in total. The predicted octanol–water partition coefficient (Wildman–Crippen LogP) is 2.89. The van der Waals surface area contributed by atoms with Gasteiger partial charge >= 0.3 is 35.8 Å². The van der Waals surface area contributed by atoms with E-state index in [1.165, 1.54) is 0 Å². The molecule has 0 amide bonds. The number of rotatable bonds is 6. The Morgan fingerprint density at radius 2 is 0.361 bits per heavy atom. The van der Waals surface area contributed by atoms with E-state index >= 15 is 0 Å². The van der Waals surface area contributed by atoms with Gasteiger partial charge in [0.15, 0.2) is 0 Å². The van der Waals surface area contributed by atoms with E-state index in [9.17, 15) is 28.8 Å². The molecule has 0 radical (unpaired) electrons. The molecule has 0 heterocycles. The van der Waals surface area contributed by atoms with Crippen molar-refractivity contribution in [3.8, 4) is 0 Å². The largest absolute Gasteiger partial charge is 0.481 e. The van der Waals surface area contributed by atoms with Crippen molar-refractivity contribution in [2.24, 2.45) is 35.5 Å². The molecule has 0 aliphatic heterocycles. The van der Waals surface area contributed by atoms with Crippen LogP contribution in [0.3, 0.4) is 0 Å². The number of aliphatic carboxylic acids is 6. The Labute approximate surface area is 208 Å². The summed E-state index contributed by atoms with van der Waals surface area (Å²) in [4.78, 5) is 62.9. The normalized spacial score (nSPS) is 29.7. The number of hydrogen-bond donors (Lipinski definition) is 6. The topological polar surface area (TPSA) is 224 Å². The van der Waals surface area contributed by atoms with E-state index in [0.29, 0.717) is 77.0 Å². The second-order valence-electron chi connectivity index (χ2n) is 9.68. The van der Waals surface area contributed by atoms with Gasteiger partial charge in [-0.15, -0.1) is 0 Å². The molecule has 0 bridgehead atoms. The van der Waals surface area contributed by atoms with Crippen LogP contribution < -0.4 is 0 Å². The predicted molar refractivity (Wildman–Crippen MR) is 122 cm³/mol. The van der Waals surface area contributed by atoms with E-state index in [4.69, 9.17) is 30.6 Å². The van der Waals surface area contributed by atoms with Crippen molar-refractivity contribution >= 4 is 35.8 Å². The van der Waals surface area contributed by atoms with Crippen molar-refractivity contribution in [2.45, 2.75) is 77.0 Å². The lowest BCUT2D eigenvalue weighted by Gasteiger charge is -2.22. The lowest BCUT2D eigenvalue weighted by molar-refractivity contribution is -0.148. The van der Waals surface area contributed by atoms with Crippen LogP contribution in [0, 0.1) is 35.5 Å². The lowest BCUT2D eigenvalue weighted by Crippen LogP contribution is -2.25. The van der Waals surface area contributed by atoms with Crippen molar-refractivity contribution in [3.63, 3.8) is 0 Å². The molecule has 12 nitrogen and oxygen atoms in total. The summed E-state index contributed by atoms with van der Waals surface area (Å²) in [7, 11) is 0. The summed E-state index contributed by atoms with van der Waals surface area (Å²) in [6, 6.07) is 0. The van der Waals surface area contributed by atoms with Gasteiger partial charge in [-0.2, -0.15) is 0 Å². The second kappa shape index (κ2) is 15.0. The van der Waals surface area contributed by atoms with Gasteiger partial charge in [0.05, 0.1) is 35.5 Å². The van der Waals surface area contributed by atoms with Gasteiger partial charge in [0.25, 0.3) is 0 Å². The van der Waals surface area contributed by atoms with Crippen molar-refractivity contribution in [1.82, 2.24) is 0 Å². The van der Waals surface area contributed by atoms with E-state index in [1.54, 1.807) is 0 Å². The van der Waals surface area contributed by atoms with Crippen LogP contribution in [0.15, 0.2) is 0 Å². The Morgan fingerprint density at radius 3 is 0.417 bits per heavy atom. The third-order valence-corrected chi connectivity index (χ3v) is 7.28. The van der Waals surface area contributed by atoms with E-state index in [-0.39, 0.29) is 35.5 Å². The summed E-state index contributed by atoms with van der Waals surface area (Å²) < 4.78 is 0. The standard InChI is InChI=1S/3C8H12O4/c3*9-7(10)5-1-2-6(4-3-5)8(11)12/h3*5-6H,1-4H2,(H,9,10)(H,11,12). The summed E-state index contributed by atoms with van der Waals surface area (Å²) in [5.74, 6) is -6.67. The van der Waals surface area contributed by atoms with E-state index in [2.05, 4.69) is 0 Å². The molecule has 0 spiro atoms. The fourth-order valence-corrected chi connectivity index (χ4v) is 4.76. The molecule has 0 saturated heterocycles. The Bertz CT molecular complexity index is 612. The van der Waals surface area contributed by atoms with Crippen LogP contribution in [0.2, 0.25) is 0 Å². The number of carboxylic acids is 6. The molecule has 12 heteroatoms. The zero-order valence-electron chi connectivity index (χ0n) is 20.1. The summed E-state index contributed by atoms with van der Waals surface area (Å²) in [6.45, 7) is 0. The molecule has 3 rings (SSSR count). The van der Waals surface area contributed by atoms with Crippen molar-refractivity contribution in [1.29, 1.82) is 0 Å². The van der Waals surface area contributed by atoms with E-state index in [1.807, 2.05) is 0 Å². The molecule has 0 aromatic rings. The fourth-order valence-electron chi connectivity index (χ4n) is 4.76. The highest BCUT2D eigenvalue weighted by atomic mass is 16.4. The van der Waals surface area contributed by atoms with Crippen LogP contribution >= 0.6 is 0 Å². The molecule has 3 aliphatic carbocycles. The highest BCUT2D eigenvalue weighted by Crippen LogP contribution is 2.30. The van der Waals surface area contributed by atoms with Gasteiger partial charge < -0.3 is 30.6 Å². The molecule has 0 aromatic heterocycles. The van der Waals surface area contributed by atoms with Gasteiger partial charge in [-0.1, -0.05) is 0 Å². The van der Waals surface area contributed by atoms with Crippen LogP contribution in [0.5, 0.6) is 0 Å². The van der Waals surface area contributed by atoms with Crippen LogP contribution in [-0.4, -0.2) is 66.5 Å². The van der Waals surface area contributed by atoms with Crippen LogP contribution in [0.25, 0.3) is 0 Å². The third kappa shape index (κ3) is 10.6. The Hall–Kier alpha value is -3.18. The average molecular weight is 517 g/mol. The first kappa shape index (κ1) is 30.9. The van der Waals surface area contributed by atoms with Crippen LogP contribution in [0.1, 0.15) is 77.0 Å². The number of hydrogen-bond acceptors (Lipinski definition) is 6. The quantitative estimate of drug-likeness (QED) is 0.300. The van der Waals surface area contributed by atoms with E-state index < -0.39 is 35.8 Å². The first-order valence-corrected chi connectivity index (χ1v) is 12.2. The molecule has 0 unspecified atom stereocenters. The van der Waals surface area contributed by atoms with Crippen LogP contribution in [-0.2, 0) is 28.8 Å². The molecule has 0 atom stereocenters. The van der Waals surface area contributed by atoms with Gasteiger partial charge in [-0.05, 0) is 77.0 Å². The maximum atomic E-state index is 10.5. The van der Waals surface area contributed by atoms with Gasteiger partial charge in [-0.25, -0.2) is 0 Å². The highest BCUT2D eigenvalue weighted by molar-refractivity contribution is 5.74. The molecule has 36 heavy (non-hydrogen) atoms. The average Bonchev–Trinajstić information content (AvgIpc) is 2.84. The third-order valence-electron chi connectivity index (χ3n) is 7.28. The number of carboxylic acid groups (broad SMARTS) is 6. The smallest absolute Gasteiger partial charge is 0.306 e. The summed E-state index contributed by atoms with van der Waals surface area (Å²) >= 11 is 0. The van der Waals surface area contributed by atoms with Crippen LogP contribution in [0.4, 0.5) is 0 Å². The maximum Gasteiger partial charge on any atom is 0.306 e. The highest BCUT2D eigenvalue weighted by Gasteiger charge is 2.31. The minimum atomic E-state index is -0.793. The molecule has 0 aromatic carbocycles. The Morgan fingerprint density at radius 1 is 0.278 bits per heavy atom. The first-order chi connectivity index (χ1) is 16.8. The summed E-state index contributed by atoms with van der Waals surface area (Å²) in [5, 5.41) is 51.7. The maximum absolute atomic E-state index is 10.5. The monoisotopic (exact) mass is 516 g/mol. The van der Waals surface area contributed by atoms with Gasteiger partial charge in [-0.3, -0.25) is 28.8 Å². The van der Waals surface area contributed by atoms with E-state index in [0.717, 1.165) is 0 Å². The van der Waals surface area contributed by atoms with Gasteiger partial charge in [0, 0.05) is 0 Å². The zero-order valence-corrected chi connectivity index (χ0v) is 20.1. The summed E-state index contributed by atoms with van der Waals surface area (Å²) in [6.07, 6.45) is 6.07. The minimum Gasteiger partial charge on any atom is -0.481 e. The lowest BCUT2D eigenvalue weighted by atomic mass is 9.82. The van der Waals surface area contributed by atoms with Crippen molar-refractivity contribution < 1.29 is 59.4 Å². The fraction of sp³-hybridized carbons (Fsp3) is 0.750. The Balaban J connectivity index is 0.000000270. The van der Waals surface area contributed by atoms with Gasteiger partial charge in [0.2, 0.25) is 0 Å². The minimum absolute atomic E-state index is 0.319. The second-order valence-corrected chi connectivity index (χ2v) is 9.68. The van der Waals surface area contributed by atoms with Crippen molar-refractivity contribution in [3.05, 3.63) is 0 Å².